The highest BCUT2D eigenvalue weighted by Crippen LogP contribution is 2.22. The van der Waals surface area contributed by atoms with Gasteiger partial charge in [0.2, 0.25) is 21.8 Å². The van der Waals surface area contributed by atoms with Gasteiger partial charge in [0, 0.05) is 18.1 Å². The number of carbonyl (C=O) groups is 2. The molecule has 32 heavy (non-hydrogen) atoms. The van der Waals surface area contributed by atoms with Gasteiger partial charge in [0.25, 0.3) is 0 Å². The summed E-state index contributed by atoms with van der Waals surface area (Å²) in [5.74, 6) is -0.713. The molecular formula is C23H30ClN3O4S. The first-order valence-electron chi connectivity index (χ1n) is 10.5. The van der Waals surface area contributed by atoms with E-state index in [-0.39, 0.29) is 12.5 Å². The number of likely N-dealkylation sites (N-methyl/N-ethyl adjacent to an activating group) is 1. The van der Waals surface area contributed by atoms with E-state index in [9.17, 15) is 18.0 Å². The maximum Gasteiger partial charge on any atom is 0.244 e. The van der Waals surface area contributed by atoms with Crippen LogP contribution in [0.5, 0.6) is 0 Å². The van der Waals surface area contributed by atoms with Crippen LogP contribution in [0, 0.1) is 0 Å². The predicted molar refractivity (Wildman–Crippen MR) is 128 cm³/mol. The third kappa shape index (κ3) is 7.24. The van der Waals surface area contributed by atoms with Crippen molar-refractivity contribution >= 4 is 39.1 Å². The lowest BCUT2D eigenvalue weighted by Crippen LogP contribution is -2.53. The molecule has 0 aliphatic carbocycles. The minimum Gasteiger partial charge on any atom is -0.355 e. The molecule has 1 atom stereocenters. The summed E-state index contributed by atoms with van der Waals surface area (Å²) in [5, 5.41) is 3.13. The van der Waals surface area contributed by atoms with Crippen LogP contribution in [0.1, 0.15) is 25.8 Å². The van der Waals surface area contributed by atoms with Crippen molar-refractivity contribution < 1.29 is 18.0 Å². The Hall–Kier alpha value is -2.58. The molecular weight excluding hydrogens is 450 g/mol. The van der Waals surface area contributed by atoms with Crippen LogP contribution < -0.4 is 9.62 Å². The minimum atomic E-state index is -3.77. The van der Waals surface area contributed by atoms with Crippen LogP contribution in [-0.2, 0) is 26.0 Å². The van der Waals surface area contributed by atoms with Crippen molar-refractivity contribution in [2.24, 2.45) is 0 Å². The zero-order valence-corrected chi connectivity index (χ0v) is 20.2. The fourth-order valence-corrected chi connectivity index (χ4v) is 4.46. The maximum absolute atomic E-state index is 13.4. The average Bonchev–Trinajstić information content (AvgIpc) is 2.74. The third-order valence-corrected chi connectivity index (χ3v) is 6.37. The van der Waals surface area contributed by atoms with E-state index in [4.69, 9.17) is 11.6 Å². The normalized spacial score (nSPS) is 12.1. The highest BCUT2D eigenvalue weighted by molar-refractivity contribution is 7.92. The Bertz CT molecular complexity index is 1010. The van der Waals surface area contributed by atoms with E-state index in [1.54, 1.807) is 18.2 Å². The number of anilines is 1. The Balaban J connectivity index is 2.34. The summed E-state index contributed by atoms with van der Waals surface area (Å²) in [4.78, 5) is 27.5. The average molecular weight is 480 g/mol. The highest BCUT2D eigenvalue weighted by atomic mass is 35.5. The topological polar surface area (TPSA) is 86.8 Å². The first kappa shape index (κ1) is 25.7. The molecule has 0 spiro atoms. The lowest BCUT2D eigenvalue weighted by atomic mass is 10.1. The first-order chi connectivity index (χ1) is 15.2. The van der Waals surface area contributed by atoms with Crippen molar-refractivity contribution in [3.05, 3.63) is 65.2 Å². The molecule has 0 saturated carbocycles. The van der Waals surface area contributed by atoms with Gasteiger partial charge in [-0.1, -0.05) is 54.9 Å². The Morgan fingerprint density at radius 2 is 1.75 bits per heavy atom. The molecule has 9 heteroatoms. The van der Waals surface area contributed by atoms with E-state index < -0.39 is 28.5 Å². The monoisotopic (exact) mass is 479 g/mol. The first-order valence-corrected chi connectivity index (χ1v) is 12.7. The van der Waals surface area contributed by atoms with Gasteiger partial charge < -0.3 is 10.2 Å². The molecule has 0 saturated heterocycles. The van der Waals surface area contributed by atoms with E-state index in [0.717, 1.165) is 16.1 Å². The maximum atomic E-state index is 13.4. The van der Waals surface area contributed by atoms with Gasteiger partial charge in [0.1, 0.15) is 12.6 Å². The van der Waals surface area contributed by atoms with Crippen LogP contribution in [0.15, 0.2) is 54.6 Å². The summed E-state index contributed by atoms with van der Waals surface area (Å²) < 4.78 is 26.0. The van der Waals surface area contributed by atoms with Gasteiger partial charge >= 0.3 is 0 Å². The second-order valence-corrected chi connectivity index (χ2v) is 9.73. The standard InChI is InChI=1S/C23H30ClN3O4S/c1-4-21(23(29)25-5-2)26(15-14-18-10-7-6-8-11-18)22(28)17-27(32(3,30)31)20-13-9-12-19(24)16-20/h6-13,16,21H,4-5,14-15,17H2,1-3H3,(H,25,29)/t21-/m1/s1. The summed E-state index contributed by atoms with van der Waals surface area (Å²) in [6.07, 6.45) is 1.98. The molecule has 1 N–H and O–H groups in total. The fraction of sp³-hybridized carbons (Fsp3) is 0.391. The molecule has 174 valence electrons. The SMILES string of the molecule is CCNC(=O)[C@@H](CC)N(CCc1ccccc1)C(=O)CN(c1cccc(Cl)c1)S(C)(=O)=O. The van der Waals surface area contributed by atoms with Crippen LogP contribution in [0.4, 0.5) is 5.69 Å². The summed E-state index contributed by atoms with van der Waals surface area (Å²) in [7, 11) is -3.77. The second kappa shape index (κ2) is 11.9. The molecule has 0 aromatic heterocycles. The lowest BCUT2D eigenvalue weighted by Gasteiger charge is -2.32. The van der Waals surface area contributed by atoms with Crippen molar-refractivity contribution in [3.63, 3.8) is 0 Å². The lowest BCUT2D eigenvalue weighted by molar-refractivity contribution is -0.139. The van der Waals surface area contributed by atoms with Crippen LogP contribution in [0.2, 0.25) is 5.02 Å². The van der Waals surface area contributed by atoms with E-state index in [0.29, 0.717) is 30.1 Å². The molecule has 2 aromatic rings. The third-order valence-electron chi connectivity index (χ3n) is 5.00. The number of amides is 2. The number of hydrogen-bond donors (Lipinski definition) is 1. The van der Waals surface area contributed by atoms with Crippen LogP contribution in [0.3, 0.4) is 0 Å². The number of hydrogen-bond acceptors (Lipinski definition) is 4. The number of nitrogens with one attached hydrogen (secondary N) is 1. The molecule has 2 aromatic carbocycles. The number of benzene rings is 2. The quantitative estimate of drug-likeness (QED) is 0.536. The van der Waals surface area contributed by atoms with Gasteiger partial charge in [-0.05, 0) is 43.5 Å². The molecule has 2 amide bonds. The van der Waals surface area contributed by atoms with Crippen molar-refractivity contribution in [2.75, 3.05) is 30.2 Å². The van der Waals surface area contributed by atoms with Gasteiger partial charge in [-0.15, -0.1) is 0 Å². The molecule has 7 nitrogen and oxygen atoms in total. The molecule has 0 aliphatic rings. The highest BCUT2D eigenvalue weighted by Gasteiger charge is 2.31. The van der Waals surface area contributed by atoms with Crippen molar-refractivity contribution in [1.29, 1.82) is 0 Å². The molecule has 0 radical (unpaired) electrons. The predicted octanol–water partition coefficient (Wildman–Crippen LogP) is 3.09. The zero-order chi connectivity index (χ0) is 23.7. The number of carbonyl (C=O) groups excluding carboxylic acids is 2. The van der Waals surface area contributed by atoms with Crippen molar-refractivity contribution in [2.45, 2.75) is 32.7 Å². The minimum absolute atomic E-state index is 0.259. The van der Waals surface area contributed by atoms with Crippen LogP contribution in [-0.4, -0.2) is 57.1 Å². The Kier molecular flexibility index (Phi) is 9.53. The smallest absolute Gasteiger partial charge is 0.244 e. The Labute approximate surface area is 195 Å². The number of nitrogens with zero attached hydrogens (tertiary/aromatic N) is 2. The van der Waals surface area contributed by atoms with Crippen LogP contribution >= 0.6 is 11.6 Å². The van der Waals surface area contributed by atoms with Gasteiger partial charge in [-0.3, -0.25) is 13.9 Å². The van der Waals surface area contributed by atoms with Crippen molar-refractivity contribution in [3.8, 4) is 0 Å². The van der Waals surface area contributed by atoms with E-state index >= 15 is 0 Å². The summed E-state index contributed by atoms with van der Waals surface area (Å²) >= 11 is 6.04. The largest absolute Gasteiger partial charge is 0.355 e. The van der Waals surface area contributed by atoms with Gasteiger partial charge in [0.15, 0.2) is 0 Å². The molecule has 0 fully saturated rings. The van der Waals surface area contributed by atoms with E-state index in [2.05, 4.69) is 5.32 Å². The van der Waals surface area contributed by atoms with Crippen molar-refractivity contribution in [1.82, 2.24) is 10.2 Å². The van der Waals surface area contributed by atoms with E-state index in [1.807, 2.05) is 44.2 Å². The second-order valence-electron chi connectivity index (χ2n) is 7.39. The molecule has 2 rings (SSSR count). The molecule has 0 unspecified atom stereocenters. The molecule has 0 aliphatic heterocycles. The summed E-state index contributed by atoms with van der Waals surface area (Å²) in [6, 6.07) is 15.2. The zero-order valence-electron chi connectivity index (χ0n) is 18.6. The number of rotatable bonds is 11. The fourth-order valence-electron chi connectivity index (χ4n) is 3.43. The molecule has 0 heterocycles. The molecule has 0 bridgehead atoms. The van der Waals surface area contributed by atoms with E-state index in [1.165, 1.54) is 11.0 Å². The number of halogens is 1. The van der Waals surface area contributed by atoms with Gasteiger partial charge in [0.05, 0.1) is 11.9 Å². The summed E-state index contributed by atoms with van der Waals surface area (Å²) in [5.41, 5.74) is 1.31. The van der Waals surface area contributed by atoms with Gasteiger partial charge in [-0.25, -0.2) is 8.42 Å². The summed E-state index contributed by atoms with van der Waals surface area (Å²) in [6.45, 7) is 3.93. The van der Waals surface area contributed by atoms with Crippen LogP contribution in [0.25, 0.3) is 0 Å². The Morgan fingerprint density at radius 3 is 2.31 bits per heavy atom. The Morgan fingerprint density at radius 1 is 1.06 bits per heavy atom. The van der Waals surface area contributed by atoms with Gasteiger partial charge in [-0.2, -0.15) is 0 Å². The number of sulfonamides is 1.